The summed E-state index contributed by atoms with van der Waals surface area (Å²) in [6.07, 6.45) is 0. The number of benzene rings is 3. The van der Waals surface area contributed by atoms with Crippen LogP contribution in [0.25, 0.3) is 5.76 Å². The van der Waals surface area contributed by atoms with Gasteiger partial charge in [-0.2, -0.15) is 0 Å². The minimum Gasteiger partial charge on any atom is -0.507 e. The summed E-state index contributed by atoms with van der Waals surface area (Å²) in [5, 5.41) is 14.5. The molecule has 0 aromatic heterocycles. The molecular formula is C34H38N2O5. The van der Waals surface area contributed by atoms with Crippen LogP contribution in [0.3, 0.4) is 0 Å². The van der Waals surface area contributed by atoms with Crippen molar-refractivity contribution in [3.8, 4) is 5.75 Å². The van der Waals surface area contributed by atoms with E-state index in [2.05, 4.69) is 26.1 Å². The lowest BCUT2D eigenvalue weighted by Crippen LogP contribution is -2.29. The van der Waals surface area contributed by atoms with E-state index in [0.717, 1.165) is 11.1 Å². The van der Waals surface area contributed by atoms with Crippen molar-refractivity contribution in [3.63, 3.8) is 0 Å². The summed E-state index contributed by atoms with van der Waals surface area (Å²) in [6.45, 7) is 13.6. The van der Waals surface area contributed by atoms with Crippen molar-refractivity contribution >= 4 is 34.7 Å². The third-order valence-electron chi connectivity index (χ3n) is 7.44. The average molecular weight is 555 g/mol. The number of ether oxygens (including phenoxy) is 1. The smallest absolute Gasteiger partial charge is 0.300 e. The number of aliphatic hydroxyl groups excluding tert-OH is 1. The molecular weight excluding hydrogens is 516 g/mol. The first-order valence-corrected chi connectivity index (χ1v) is 13.7. The van der Waals surface area contributed by atoms with Gasteiger partial charge in [-0.3, -0.25) is 19.3 Å². The second-order valence-corrected chi connectivity index (χ2v) is 11.8. The van der Waals surface area contributed by atoms with Gasteiger partial charge < -0.3 is 15.2 Å². The van der Waals surface area contributed by atoms with Gasteiger partial charge in [-0.15, -0.1) is 0 Å². The van der Waals surface area contributed by atoms with Gasteiger partial charge in [-0.05, 0) is 70.8 Å². The molecule has 0 bridgehead atoms. The minimum absolute atomic E-state index is 0.00594. The molecule has 1 unspecified atom stereocenters. The maximum atomic E-state index is 13.7. The summed E-state index contributed by atoms with van der Waals surface area (Å²) in [6, 6.07) is 17.3. The predicted molar refractivity (Wildman–Crippen MR) is 162 cm³/mol. The van der Waals surface area contributed by atoms with Crippen LogP contribution >= 0.6 is 0 Å². The number of nitrogens with zero attached hydrogens (tertiary/aromatic N) is 1. The van der Waals surface area contributed by atoms with E-state index in [9.17, 15) is 19.5 Å². The first-order valence-electron chi connectivity index (χ1n) is 13.7. The largest absolute Gasteiger partial charge is 0.507 e. The van der Waals surface area contributed by atoms with Crippen molar-refractivity contribution in [1.29, 1.82) is 0 Å². The minimum atomic E-state index is -0.888. The quantitative estimate of drug-likeness (QED) is 0.194. The topological polar surface area (TPSA) is 95.9 Å². The molecule has 1 aliphatic rings. The van der Waals surface area contributed by atoms with Gasteiger partial charge in [0.2, 0.25) is 5.91 Å². The Labute approximate surface area is 241 Å². The molecule has 7 heteroatoms. The van der Waals surface area contributed by atoms with E-state index in [1.165, 1.54) is 11.8 Å². The number of nitrogens with one attached hydrogen (secondary N) is 1. The Hall–Kier alpha value is -4.39. The fourth-order valence-corrected chi connectivity index (χ4v) is 5.24. The molecule has 0 spiro atoms. The molecule has 41 heavy (non-hydrogen) atoms. The lowest BCUT2D eigenvalue weighted by Gasteiger charge is -2.27. The molecule has 7 nitrogen and oxygen atoms in total. The van der Waals surface area contributed by atoms with Crippen LogP contribution in [-0.4, -0.2) is 29.8 Å². The number of aryl methyl sites for hydroxylation is 1. The van der Waals surface area contributed by atoms with Gasteiger partial charge in [0.05, 0.1) is 18.7 Å². The summed E-state index contributed by atoms with van der Waals surface area (Å²) in [5.41, 5.74) is 4.66. The number of hydrogen-bond donors (Lipinski definition) is 2. The highest BCUT2D eigenvalue weighted by Crippen LogP contribution is 2.44. The molecule has 3 aromatic rings. The van der Waals surface area contributed by atoms with Crippen LogP contribution in [0, 0.1) is 6.92 Å². The highest BCUT2D eigenvalue weighted by Gasteiger charge is 2.47. The third kappa shape index (κ3) is 5.75. The van der Waals surface area contributed by atoms with Crippen molar-refractivity contribution in [2.45, 2.75) is 65.8 Å². The molecule has 4 rings (SSSR count). The lowest BCUT2D eigenvalue weighted by atomic mass is 9.85. The molecule has 3 aromatic carbocycles. The molecule has 214 valence electrons. The van der Waals surface area contributed by atoms with Gasteiger partial charge in [0, 0.05) is 23.9 Å². The van der Waals surface area contributed by atoms with E-state index < -0.39 is 17.7 Å². The third-order valence-corrected chi connectivity index (χ3v) is 7.44. The number of carbonyl (C=O) groups excluding carboxylic acids is 3. The van der Waals surface area contributed by atoms with Gasteiger partial charge in [-0.25, -0.2) is 0 Å². The standard InChI is InChI=1S/C34H38N2O5/c1-19(2)26-18-27(20(3)16-28(26)41-8)31(38)29-30(22-12-14-23(15-13-22)34(5,6)7)36(33(40)32(29)39)25-11-9-10-24(17-25)35-21(4)37/h9-19,30,38H,1-8H3,(H,35,37)/b31-29+. The zero-order valence-corrected chi connectivity index (χ0v) is 25.0. The summed E-state index contributed by atoms with van der Waals surface area (Å²) in [5.74, 6) is -1.24. The molecule has 2 N–H and O–H groups in total. The van der Waals surface area contributed by atoms with Gasteiger partial charge in [0.15, 0.2) is 0 Å². The van der Waals surface area contributed by atoms with Crippen molar-refractivity contribution < 1.29 is 24.2 Å². The van der Waals surface area contributed by atoms with Crippen LogP contribution in [0.1, 0.15) is 81.3 Å². The summed E-state index contributed by atoms with van der Waals surface area (Å²) in [4.78, 5) is 40.5. The normalized spacial score (nSPS) is 16.8. The van der Waals surface area contributed by atoms with Crippen molar-refractivity contribution in [2.75, 3.05) is 17.3 Å². The Morgan fingerprint density at radius 3 is 2.24 bits per heavy atom. The fourth-order valence-electron chi connectivity index (χ4n) is 5.24. The number of carbonyl (C=O) groups is 3. The molecule has 2 amide bonds. The van der Waals surface area contributed by atoms with Crippen LogP contribution in [0.5, 0.6) is 5.75 Å². The van der Waals surface area contributed by atoms with Crippen LogP contribution < -0.4 is 15.0 Å². The van der Waals surface area contributed by atoms with Crippen LogP contribution in [0.4, 0.5) is 11.4 Å². The Kier molecular flexibility index (Phi) is 8.11. The highest BCUT2D eigenvalue weighted by molar-refractivity contribution is 6.51. The molecule has 1 aliphatic heterocycles. The Morgan fingerprint density at radius 2 is 1.68 bits per heavy atom. The second kappa shape index (κ2) is 11.2. The number of anilines is 2. The lowest BCUT2D eigenvalue weighted by molar-refractivity contribution is -0.132. The zero-order chi connectivity index (χ0) is 30.2. The van der Waals surface area contributed by atoms with Crippen molar-refractivity contribution in [1.82, 2.24) is 0 Å². The number of aliphatic hydroxyl groups is 1. The van der Waals surface area contributed by atoms with Crippen molar-refractivity contribution in [2.24, 2.45) is 0 Å². The van der Waals surface area contributed by atoms with Crippen LogP contribution in [-0.2, 0) is 19.8 Å². The van der Waals surface area contributed by atoms with Gasteiger partial charge in [0.1, 0.15) is 11.5 Å². The molecule has 1 atom stereocenters. The van der Waals surface area contributed by atoms with E-state index in [0.29, 0.717) is 33.8 Å². The number of ketones is 1. The predicted octanol–water partition coefficient (Wildman–Crippen LogP) is 7.01. The molecule has 0 radical (unpaired) electrons. The maximum Gasteiger partial charge on any atom is 0.300 e. The first kappa shape index (κ1) is 29.6. The average Bonchev–Trinajstić information content (AvgIpc) is 3.17. The monoisotopic (exact) mass is 554 g/mol. The number of methoxy groups -OCH3 is 1. The van der Waals surface area contributed by atoms with E-state index in [1.54, 1.807) is 31.4 Å². The summed E-state index contributed by atoms with van der Waals surface area (Å²) >= 11 is 0. The first-order chi connectivity index (χ1) is 19.2. The zero-order valence-electron chi connectivity index (χ0n) is 25.0. The Balaban J connectivity index is 1.97. The Bertz CT molecular complexity index is 1540. The molecule has 1 fully saturated rings. The van der Waals surface area contributed by atoms with E-state index >= 15 is 0 Å². The number of amides is 2. The molecule has 1 heterocycles. The number of rotatable bonds is 6. The summed E-state index contributed by atoms with van der Waals surface area (Å²) in [7, 11) is 1.60. The fraction of sp³-hybridized carbons (Fsp3) is 0.324. The molecule has 0 aliphatic carbocycles. The second-order valence-electron chi connectivity index (χ2n) is 11.8. The van der Waals surface area contributed by atoms with Gasteiger partial charge in [-0.1, -0.05) is 65.0 Å². The highest BCUT2D eigenvalue weighted by atomic mass is 16.5. The van der Waals surface area contributed by atoms with Crippen LogP contribution in [0.15, 0.2) is 66.2 Å². The maximum absolute atomic E-state index is 13.7. The van der Waals surface area contributed by atoms with E-state index in [-0.39, 0.29) is 28.6 Å². The van der Waals surface area contributed by atoms with Crippen LogP contribution in [0.2, 0.25) is 0 Å². The number of Topliss-reactive ketones (excluding diaryl/α,β-unsaturated/α-hetero) is 1. The molecule has 0 saturated carbocycles. The Morgan fingerprint density at radius 1 is 1.02 bits per heavy atom. The summed E-state index contributed by atoms with van der Waals surface area (Å²) < 4.78 is 5.57. The van der Waals surface area contributed by atoms with Gasteiger partial charge >= 0.3 is 0 Å². The SMILES string of the molecule is COc1cc(C)c(/C(O)=C2\C(=O)C(=O)N(c3cccc(NC(C)=O)c3)C2c2ccc(C(C)(C)C)cc2)cc1C(C)C. The van der Waals surface area contributed by atoms with E-state index in [1.807, 2.05) is 57.2 Å². The van der Waals surface area contributed by atoms with Gasteiger partial charge in [0.25, 0.3) is 11.7 Å². The number of hydrogen-bond acceptors (Lipinski definition) is 5. The van der Waals surface area contributed by atoms with E-state index in [4.69, 9.17) is 4.74 Å². The van der Waals surface area contributed by atoms with Crippen molar-refractivity contribution in [3.05, 3.63) is 94.1 Å². The molecule has 1 saturated heterocycles.